The molecule has 0 fully saturated rings. The molecule has 4 nitrogen and oxygen atoms in total. The van der Waals surface area contributed by atoms with Gasteiger partial charge in [0, 0.05) is 36.2 Å². The van der Waals surface area contributed by atoms with Crippen LogP contribution in [0.4, 0.5) is 11.5 Å². The number of rotatable bonds is 2. The number of benzene rings is 1. The van der Waals surface area contributed by atoms with E-state index in [1.807, 2.05) is 12.1 Å². The molecule has 0 spiro atoms. The molecule has 2 aromatic heterocycles. The maximum Gasteiger partial charge on any atom is 0.163 e. The minimum absolute atomic E-state index is 0.836. The van der Waals surface area contributed by atoms with E-state index < -0.39 is 0 Å². The Morgan fingerprint density at radius 3 is 2.85 bits per heavy atom. The van der Waals surface area contributed by atoms with Gasteiger partial charge in [-0.15, -0.1) is 0 Å². The molecule has 0 radical (unpaired) electrons. The number of nitrogens with one attached hydrogen (secondary N) is 1. The summed E-state index contributed by atoms with van der Waals surface area (Å²) in [6, 6.07) is 10.6. The van der Waals surface area contributed by atoms with E-state index in [2.05, 4.69) is 50.4 Å². The van der Waals surface area contributed by atoms with Gasteiger partial charge < -0.3 is 9.88 Å². The Bertz CT molecular complexity index is 752. The summed E-state index contributed by atoms with van der Waals surface area (Å²) in [5.74, 6) is 0.836. The average Bonchev–Trinajstić information content (AvgIpc) is 2.98. The monoisotopic (exact) mass is 280 g/mol. The average molecular weight is 280 g/mol. The molecular formula is C15H12N4S. The van der Waals surface area contributed by atoms with Gasteiger partial charge in [-0.05, 0) is 29.8 Å². The second-order valence-corrected chi connectivity index (χ2v) is 5.65. The Balaban J connectivity index is 1.66. The molecule has 3 heterocycles. The van der Waals surface area contributed by atoms with E-state index >= 15 is 0 Å². The summed E-state index contributed by atoms with van der Waals surface area (Å²) in [6.07, 6.45) is 7.57. The first-order valence-electron chi connectivity index (χ1n) is 6.38. The Hall–Kier alpha value is -2.27. The molecule has 3 aromatic rings. The van der Waals surface area contributed by atoms with Gasteiger partial charge in [-0.25, -0.2) is 9.97 Å². The fourth-order valence-electron chi connectivity index (χ4n) is 2.27. The van der Waals surface area contributed by atoms with Gasteiger partial charge >= 0.3 is 0 Å². The maximum atomic E-state index is 4.34. The largest absolute Gasteiger partial charge is 0.350 e. The standard InChI is InChI=1S/C15H12N4S/c1-2-8-19(7-1)10-11-3-4-13-12(9-11)18-14-15(20-13)17-6-5-16-14/h1-9H,10H2,(H,16,18). The molecule has 4 rings (SSSR count). The van der Waals surface area contributed by atoms with Crippen molar-refractivity contribution in [2.24, 2.45) is 0 Å². The number of hydrogen-bond acceptors (Lipinski definition) is 4. The fourth-order valence-corrected chi connectivity index (χ4v) is 3.14. The highest BCUT2D eigenvalue weighted by atomic mass is 32.2. The molecule has 1 aromatic carbocycles. The maximum absolute atomic E-state index is 4.34. The zero-order valence-corrected chi connectivity index (χ0v) is 11.5. The van der Waals surface area contributed by atoms with E-state index in [4.69, 9.17) is 0 Å². The van der Waals surface area contributed by atoms with Crippen molar-refractivity contribution in [3.63, 3.8) is 0 Å². The summed E-state index contributed by atoms with van der Waals surface area (Å²) < 4.78 is 2.16. The van der Waals surface area contributed by atoms with E-state index in [9.17, 15) is 0 Å². The number of hydrogen-bond donors (Lipinski definition) is 1. The highest BCUT2D eigenvalue weighted by molar-refractivity contribution is 7.99. The molecule has 0 unspecified atom stereocenters. The van der Waals surface area contributed by atoms with Crippen molar-refractivity contribution in [3.05, 3.63) is 60.7 Å². The Labute approximate surface area is 120 Å². The first-order chi connectivity index (χ1) is 9.88. The van der Waals surface area contributed by atoms with Crippen LogP contribution in [0.5, 0.6) is 0 Å². The van der Waals surface area contributed by atoms with Crippen LogP contribution in [0.1, 0.15) is 5.56 Å². The molecule has 0 saturated heterocycles. The summed E-state index contributed by atoms with van der Waals surface area (Å²) in [5, 5.41) is 4.29. The van der Waals surface area contributed by atoms with Gasteiger partial charge in [0.05, 0.1) is 5.69 Å². The molecular weight excluding hydrogens is 268 g/mol. The van der Waals surface area contributed by atoms with Gasteiger partial charge in [0.25, 0.3) is 0 Å². The lowest BCUT2D eigenvalue weighted by Crippen LogP contribution is -2.05. The first-order valence-corrected chi connectivity index (χ1v) is 7.20. The fraction of sp³-hybridized carbons (Fsp3) is 0.0667. The van der Waals surface area contributed by atoms with Crippen LogP contribution in [0, 0.1) is 0 Å². The van der Waals surface area contributed by atoms with Crippen LogP contribution < -0.4 is 5.32 Å². The molecule has 0 bridgehead atoms. The Morgan fingerprint density at radius 1 is 1.10 bits per heavy atom. The Kier molecular flexibility index (Phi) is 2.70. The molecule has 1 aliphatic rings. The van der Waals surface area contributed by atoms with Gasteiger partial charge in [-0.2, -0.15) is 0 Å². The third-order valence-corrected chi connectivity index (χ3v) is 4.27. The number of anilines is 2. The van der Waals surface area contributed by atoms with Crippen LogP contribution in [0.15, 0.2) is 65.0 Å². The van der Waals surface area contributed by atoms with Crippen LogP contribution in [0.2, 0.25) is 0 Å². The molecule has 20 heavy (non-hydrogen) atoms. The third-order valence-electron chi connectivity index (χ3n) is 3.20. The second kappa shape index (κ2) is 4.68. The van der Waals surface area contributed by atoms with Gasteiger partial charge in [0.15, 0.2) is 5.82 Å². The van der Waals surface area contributed by atoms with Crippen molar-refractivity contribution in [2.45, 2.75) is 16.5 Å². The molecule has 98 valence electrons. The summed E-state index contributed by atoms with van der Waals surface area (Å²) in [5.41, 5.74) is 2.37. The zero-order chi connectivity index (χ0) is 13.4. The lowest BCUT2D eigenvalue weighted by atomic mass is 10.2. The van der Waals surface area contributed by atoms with E-state index in [0.717, 1.165) is 23.1 Å². The summed E-state index contributed by atoms with van der Waals surface area (Å²) in [4.78, 5) is 9.85. The minimum Gasteiger partial charge on any atom is -0.350 e. The van der Waals surface area contributed by atoms with Crippen LogP contribution >= 0.6 is 11.8 Å². The van der Waals surface area contributed by atoms with Crippen LogP contribution in [-0.4, -0.2) is 14.5 Å². The SMILES string of the molecule is c1ccn(Cc2ccc3c(c2)Nc2nccnc2S3)c1. The van der Waals surface area contributed by atoms with Crippen molar-refractivity contribution in [1.29, 1.82) is 0 Å². The predicted octanol–water partition coefficient (Wildman–Crippen LogP) is 3.53. The molecule has 1 aliphatic heterocycles. The van der Waals surface area contributed by atoms with Gasteiger partial charge in [0.1, 0.15) is 5.03 Å². The minimum atomic E-state index is 0.836. The van der Waals surface area contributed by atoms with Crippen molar-refractivity contribution < 1.29 is 0 Å². The van der Waals surface area contributed by atoms with Gasteiger partial charge in [-0.3, -0.25) is 0 Å². The lowest BCUT2D eigenvalue weighted by molar-refractivity contribution is 0.805. The van der Waals surface area contributed by atoms with Crippen molar-refractivity contribution in [2.75, 3.05) is 5.32 Å². The smallest absolute Gasteiger partial charge is 0.163 e. The topological polar surface area (TPSA) is 42.7 Å². The zero-order valence-electron chi connectivity index (χ0n) is 10.7. The highest BCUT2D eigenvalue weighted by Gasteiger charge is 2.17. The lowest BCUT2D eigenvalue weighted by Gasteiger charge is -2.19. The number of aromatic nitrogens is 3. The molecule has 0 saturated carbocycles. The highest BCUT2D eigenvalue weighted by Crippen LogP contribution is 2.41. The quantitative estimate of drug-likeness (QED) is 0.610. The summed E-state index contributed by atoms with van der Waals surface area (Å²) >= 11 is 1.66. The van der Waals surface area contributed by atoms with E-state index in [-0.39, 0.29) is 0 Å². The van der Waals surface area contributed by atoms with Crippen LogP contribution in [0.25, 0.3) is 0 Å². The predicted molar refractivity (Wildman–Crippen MR) is 79.4 cm³/mol. The molecule has 5 heteroatoms. The van der Waals surface area contributed by atoms with E-state index in [1.165, 1.54) is 10.5 Å². The van der Waals surface area contributed by atoms with Crippen molar-refractivity contribution in [3.8, 4) is 0 Å². The molecule has 1 N–H and O–H groups in total. The molecule has 0 aliphatic carbocycles. The number of fused-ring (bicyclic) bond motifs is 2. The van der Waals surface area contributed by atoms with Crippen LogP contribution in [-0.2, 0) is 6.54 Å². The van der Waals surface area contributed by atoms with E-state index in [1.54, 1.807) is 24.2 Å². The normalized spacial score (nSPS) is 12.4. The third kappa shape index (κ3) is 2.06. The number of nitrogens with zero attached hydrogens (tertiary/aromatic N) is 3. The summed E-state index contributed by atoms with van der Waals surface area (Å²) in [7, 11) is 0. The molecule has 0 amide bonds. The van der Waals surface area contributed by atoms with Crippen LogP contribution in [0.3, 0.4) is 0 Å². The summed E-state index contributed by atoms with van der Waals surface area (Å²) in [6.45, 7) is 0.875. The second-order valence-electron chi connectivity index (χ2n) is 4.62. The van der Waals surface area contributed by atoms with Crippen molar-refractivity contribution >= 4 is 23.3 Å². The first kappa shape index (κ1) is 11.5. The Morgan fingerprint density at radius 2 is 1.95 bits per heavy atom. The molecule has 0 atom stereocenters. The van der Waals surface area contributed by atoms with Crippen molar-refractivity contribution in [1.82, 2.24) is 14.5 Å². The van der Waals surface area contributed by atoms with Gasteiger partial charge in [-0.1, -0.05) is 17.8 Å². The van der Waals surface area contributed by atoms with E-state index in [0.29, 0.717) is 0 Å². The van der Waals surface area contributed by atoms with Gasteiger partial charge in [0.2, 0.25) is 0 Å².